The van der Waals surface area contributed by atoms with Crippen molar-refractivity contribution >= 4 is 5.91 Å². The molecule has 0 heterocycles. The highest BCUT2D eigenvalue weighted by Crippen LogP contribution is 2.09. The first-order valence-corrected chi connectivity index (χ1v) is 8.70. The van der Waals surface area contributed by atoms with Gasteiger partial charge in [0.25, 0.3) is 0 Å². The van der Waals surface area contributed by atoms with Gasteiger partial charge in [0.15, 0.2) is 0 Å². The van der Waals surface area contributed by atoms with Gasteiger partial charge in [-0.15, -0.1) is 0 Å². The number of carbonyl (C=O) groups excluding carboxylic acids is 1. The molecule has 0 aliphatic carbocycles. The molecule has 2 heteroatoms. The number of nitrogens with two attached hydrogens (primary N) is 1. The predicted octanol–water partition coefficient (Wildman–Crippen LogP) is 5.51. The number of hydrogen-bond acceptors (Lipinski definition) is 1. The van der Waals surface area contributed by atoms with Gasteiger partial charge in [-0.05, 0) is 32.1 Å². The van der Waals surface area contributed by atoms with Crippen molar-refractivity contribution in [2.75, 3.05) is 0 Å². The van der Waals surface area contributed by atoms with Crippen LogP contribution in [0.15, 0.2) is 12.2 Å². The van der Waals surface area contributed by atoms with E-state index in [1.165, 1.54) is 70.6 Å². The van der Waals surface area contributed by atoms with E-state index in [1.807, 2.05) is 0 Å². The van der Waals surface area contributed by atoms with Gasteiger partial charge in [-0.25, -0.2) is 0 Å². The lowest BCUT2D eigenvalue weighted by atomic mass is 10.1. The van der Waals surface area contributed by atoms with Crippen LogP contribution in [0.25, 0.3) is 0 Å². The van der Waals surface area contributed by atoms with Crippen molar-refractivity contribution in [1.82, 2.24) is 0 Å². The van der Waals surface area contributed by atoms with Crippen molar-refractivity contribution in [1.29, 1.82) is 0 Å². The highest BCUT2D eigenvalue weighted by atomic mass is 16.1. The van der Waals surface area contributed by atoms with E-state index in [-0.39, 0.29) is 5.91 Å². The summed E-state index contributed by atoms with van der Waals surface area (Å²) in [6.45, 7) is 2.26. The molecule has 0 saturated carbocycles. The molecule has 20 heavy (non-hydrogen) atoms. The minimum absolute atomic E-state index is 0.164. The van der Waals surface area contributed by atoms with Crippen molar-refractivity contribution in [3.8, 4) is 0 Å². The SMILES string of the molecule is CCCCCCCCC=CCCCCCCCC(N)=O. The molecule has 2 nitrogen and oxygen atoms in total. The fourth-order valence-corrected chi connectivity index (χ4v) is 2.37. The molecule has 0 fully saturated rings. The molecule has 2 N–H and O–H groups in total. The second-order valence-corrected chi connectivity index (χ2v) is 5.80. The second kappa shape index (κ2) is 16.3. The van der Waals surface area contributed by atoms with Crippen LogP contribution in [-0.4, -0.2) is 5.91 Å². The summed E-state index contributed by atoms with van der Waals surface area (Å²) >= 11 is 0. The van der Waals surface area contributed by atoms with Crippen LogP contribution in [0.3, 0.4) is 0 Å². The van der Waals surface area contributed by atoms with Gasteiger partial charge in [0, 0.05) is 6.42 Å². The Morgan fingerprint density at radius 2 is 1.20 bits per heavy atom. The largest absolute Gasteiger partial charge is 0.370 e. The standard InChI is InChI=1S/C18H35NO/c1-2-3-4-5-6-7-8-9-10-11-12-13-14-15-16-17-18(19)20/h9-10H,2-8,11-17H2,1H3,(H2,19,20). The van der Waals surface area contributed by atoms with Crippen molar-refractivity contribution in [2.24, 2.45) is 5.73 Å². The van der Waals surface area contributed by atoms with Gasteiger partial charge in [-0.2, -0.15) is 0 Å². The topological polar surface area (TPSA) is 43.1 Å². The van der Waals surface area contributed by atoms with Gasteiger partial charge in [-0.1, -0.05) is 70.4 Å². The molecule has 0 spiro atoms. The molecule has 0 radical (unpaired) electrons. The maximum atomic E-state index is 10.5. The van der Waals surface area contributed by atoms with E-state index in [0.29, 0.717) is 6.42 Å². The Morgan fingerprint density at radius 3 is 1.70 bits per heavy atom. The van der Waals surface area contributed by atoms with Crippen molar-refractivity contribution in [3.63, 3.8) is 0 Å². The number of primary amides is 1. The Labute approximate surface area is 126 Å². The Balaban J connectivity index is 3.07. The molecule has 0 atom stereocenters. The zero-order valence-corrected chi connectivity index (χ0v) is 13.5. The van der Waals surface area contributed by atoms with Crippen LogP contribution in [0, 0.1) is 0 Å². The average molecular weight is 281 g/mol. The Bertz CT molecular complexity index is 236. The zero-order valence-electron chi connectivity index (χ0n) is 13.5. The van der Waals surface area contributed by atoms with E-state index < -0.39 is 0 Å². The molecule has 0 bridgehead atoms. The molecule has 0 aromatic rings. The first kappa shape index (κ1) is 19.2. The van der Waals surface area contributed by atoms with E-state index in [4.69, 9.17) is 5.73 Å². The highest BCUT2D eigenvalue weighted by molar-refractivity contribution is 5.73. The van der Waals surface area contributed by atoms with Gasteiger partial charge >= 0.3 is 0 Å². The third-order valence-electron chi connectivity index (χ3n) is 3.68. The van der Waals surface area contributed by atoms with Gasteiger partial charge in [-0.3, -0.25) is 4.79 Å². The zero-order chi connectivity index (χ0) is 14.9. The summed E-state index contributed by atoms with van der Waals surface area (Å²) in [6.07, 6.45) is 21.9. The average Bonchev–Trinajstić information content (AvgIpc) is 2.43. The lowest BCUT2D eigenvalue weighted by Gasteiger charge is -1.99. The molecule has 1 amide bonds. The van der Waals surface area contributed by atoms with Gasteiger partial charge in [0.1, 0.15) is 0 Å². The summed E-state index contributed by atoms with van der Waals surface area (Å²) < 4.78 is 0. The predicted molar refractivity (Wildman–Crippen MR) is 88.6 cm³/mol. The van der Waals surface area contributed by atoms with E-state index in [2.05, 4.69) is 19.1 Å². The third-order valence-corrected chi connectivity index (χ3v) is 3.68. The normalized spacial score (nSPS) is 11.2. The Kier molecular flexibility index (Phi) is 15.6. The van der Waals surface area contributed by atoms with E-state index in [9.17, 15) is 4.79 Å². The van der Waals surface area contributed by atoms with E-state index in [0.717, 1.165) is 12.8 Å². The van der Waals surface area contributed by atoms with Gasteiger partial charge in [0.2, 0.25) is 5.91 Å². The summed E-state index contributed by atoms with van der Waals surface area (Å²) in [5.41, 5.74) is 5.10. The molecule has 0 aromatic heterocycles. The Hall–Kier alpha value is -0.790. The fourth-order valence-electron chi connectivity index (χ4n) is 2.37. The molecule has 0 saturated heterocycles. The number of rotatable bonds is 15. The van der Waals surface area contributed by atoms with Gasteiger partial charge < -0.3 is 5.73 Å². The van der Waals surface area contributed by atoms with Crippen LogP contribution >= 0.6 is 0 Å². The number of hydrogen-bond donors (Lipinski definition) is 1. The number of allylic oxidation sites excluding steroid dienone is 2. The lowest BCUT2D eigenvalue weighted by molar-refractivity contribution is -0.118. The quantitative estimate of drug-likeness (QED) is 0.312. The van der Waals surface area contributed by atoms with E-state index in [1.54, 1.807) is 0 Å². The lowest BCUT2D eigenvalue weighted by Crippen LogP contribution is -2.09. The smallest absolute Gasteiger partial charge is 0.217 e. The van der Waals surface area contributed by atoms with Crippen LogP contribution < -0.4 is 5.73 Å². The van der Waals surface area contributed by atoms with Crippen molar-refractivity contribution in [2.45, 2.75) is 96.8 Å². The number of amides is 1. The van der Waals surface area contributed by atoms with Crippen LogP contribution in [0.4, 0.5) is 0 Å². The van der Waals surface area contributed by atoms with Crippen LogP contribution in [0.5, 0.6) is 0 Å². The third kappa shape index (κ3) is 17.2. The number of unbranched alkanes of at least 4 members (excludes halogenated alkanes) is 11. The molecular weight excluding hydrogens is 246 g/mol. The molecule has 0 unspecified atom stereocenters. The van der Waals surface area contributed by atoms with Crippen LogP contribution in [-0.2, 0) is 4.79 Å². The van der Waals surface area contributed by atoms with Gasteiger partial charge in [0.05, 0.1) is 0 Å². The molecule has 0 aliphatic heterocycles. The summed E-state index contributed by atoms with van der Waals surface area (Å²) in [7, 11) is 0. The molecule has 0 rings (SSSR count). The maximum absolute atomic E-state index is 10.5. The number of carbonyl (C=O) groups is 1. The fraction of sp³-hybridized carbons (Fsp3) is 0.833. The first-order chi connectivity index (χ1) is 9.77. The van der Waals surface area contributed by atoms with Crippen LogP contribution in [0.1, 0.15) is 96.8 Å². The molecule has 0 aliphatic rings. The summed E-state index contributed by atoms with van der Waals surface area (Å²) in [6, 6.07) is 0. The van der Waals surface area contributed by atoms with Crippen molar-refractivity contribution in [3.05, 3.63) is 12.2 Å². The summed E-state index contributed by atoms with van der Waals surface area (Å²) in [5.74, 6) is -0.164. The molecule has 0 aromatic carbocycles. The Morgan fingerprint density at radius 1 is 0.750 bits per heavy atom. The second-order valence-electron chi connectivity index (χ2n) is 5.80. The molecule has 118 valence electrons. The first-order valence-electron chi connectivity index (χ1n) is 8.70. The summed E-state index contributed by atoms with van der Waals surface area (Å²) in [4.78, 5) is 10.5. The minimum Gasteiger partial charge on any atom is -0.370 e. The minimum atomic E-state index is -0.164. The molecular formula is C18H35NO. The highest BCUT2D eigenvalue weighted by Gasteiger charge is 1.94. The van der Waals surface area contributed by atoms with E-state index >= 15 is 0 Å². The summed E-state index contributed by atoms with van der Waals surface area (Å²) in [5, 5.41) is 0. The van der Waals surface area contributed by atoms with Crippen LogP contribution in [0.2, 0.25) is 0 Å². The monoisotopic (exact) mass is 281 g/mol. The maximum Gasteiger partial charge on any atom is 0.217 e. The van der Waals surface area contributed by atoms with Crippen molar-refractivity contribution < 1.29 is 4.79 Å².